The van der Waals surface area contributed by atoms with Gasteiger partial charge in [-0.1, -0.05) is 11.6 Å². The van der Waals surface area contributed by atoms with Gasteiger partial charge in [-0.3, -0.25) is 4.79 Å². The summed E-state index contributed by atoms with van der Waals surface area (Å²) in [6, 6.07) is 2.27. The summed E-state index contributed by atoms with van der Waals surface area (Å²) in [7, 11) is 0. The van der Waals surface area contributed by atoms with Gasteiger partial charge >= 0.3 is 5.97 Å². The summed E-state index contributed by atoms with van der Waals surface area (Å²) in [6.45, 7) is 1.46. The third-order valence-corrected chi connectivity index (χ3v) is 2.28. The van der Waals surface area contributed by atoms with Gasteiger partial charge in [0.25, 0.3) is 0 Å². The number of nitrogens with two attached hydrogens (primary N) is 1. The maximum Gasteiger partial charge on any atom is 0.310 e. The minimum atomic E-state index is -1.03. The molecule has 14 heavy (non-hydrogen) atoms. The summed E-state index contributed by atoms with van der Waals surface area (Å²) < 4.78 is 12.9. The average Bonchev–Trinajstić information content (AvgIpc) is 2.10. The van der Waals surface area contributed by atoms with Crippen LogP contribution < -0.4 is 5.73 Å². The summed E-state index contributed by atoms with van der Waals surface area (Å²) in [5, 5.41) is 8.80. The van der Waals surface area contributed by atoms with Crippen molar-refractivity contribution in [2.24, 2.45) is 0 Å². The number of hydrogen-bond donors (Lipinski definition) is 2. The zero-order valence-electron chi connectivity index (χ0n) is 7.42. The first-order valence-corrected chi connectivity index (χ1v) is 4.28. The maximum atomic E-state index is 12.9. The second-order valence-corrected chi connectivity index (χ2v) is 3.36. The van der Waals surface area contributed by atoms with E-state index in [1.807, 2.05) is 0 Å². The molecule has 0 aliphatic rings. The van der Waals surface area contributed by atoms with Crippen LogP contribution in [0.2, 0.25) is 5.02 Å². The smallest absolute Gasteiger partial charge is 0.310 e. The third kappa shape index (κ3) is 1.96. The monoisotopic (exact) mass is 217 g/mol. The van der Waals surface area contributed by atoms with E-state index in [9.17, 15) is 9.18 Å². The highest BCUT2D eigenvalue weighted by atomic mass is 35.5. The highest BCUT2D eigenvalue weighted by Gasteiger charge is 2.18. The van der Waals surface area contributed by atoms with Gasteiger partial charge in [0.1, 0.15) is 5.82 Å². The number of carboxylic acid groups (broad SMARTS) is 1. The van der Waals surface area contributed by atoms with Crippen LogP contribution in [0.5, 0.6) is 0 Å². The number of carbonyl (C=O) groups is 1. The Labute approximate surface area is 85.3 Å². The number of rotatable bonds is 2. The van der Waals surface area contributed by atoms with Crippen molar-refractivity contribution in [2.45, 2.75) is 12.8 Å². The second kappa shape index (κ2) is 3.84. The lowest BCUT2D eigenvalue weighted by molar-refractivity contribution is -0.138. The molecule has 0 aromatic heterocycles. The van der Waals surface area contributed by atoms with E-state index in [4.69, 9.17) is 22.4 Å². The first-order valence-electron chi connectivity index (χ1n) is 3.90. The van der Waals surface area contributed by atoms with Crippen molar-refractivity contribution < 1.29 is 14.3 Å². The van der Waals surface area contributed by atoms with Gasteiger partial charge in [0.15, 0.2) is 0 Å². The van der Waals surface area contributed by atoms with E-state index >= 15 is 0 Å². The Balaban J connectivity index is 3.22. The number of nitrogen functional groups attached to an aromatic ring is 1. The van der Waals surface area contributed by atoms with Crippen LogP contribution in [0.1, 0.15) is 18.4 Å². The molecule has 1 aromatic carbocycles. The van der Waals surface area contributed by atoms with Crippen molar-refractivity contribution in [3.8, 4) is 0 Å². The van der Waals surface area contributed by atoms with Gasteiger partial charge in [-0.2, -0.15) is 0 Å². The fraction of sp³-hybridized carbons (Fsp3) is 0.222. The molecule has 1 unspecified atom stereocenters. The van der Waals surface area contributed by atoms with Crippen molar-refractivity contribution >= 4 is 23.3 Å². The molecule has 0 aliphatic heterocycles. The Morgan fingerprint density at radius 3 is 2.71 bits per heavy atom. The van der Waals surface area contributed by atoms with E-state index in [0.717, 1.165) is 6.07 Å². The van der Waals surface area contributed by atoms with Crippen LogP contribution in [0.4, 0.5) is 10.1 Å². The van der Waals surface area contributed by atoms with E-state index in [1.165, 1.54) is 13.0 Å². The van der Waals surface area contributed by atoms with Crippen LogP contribution in [-0.2, 0) is 4.79 Å². The number of hydrogen-bond acceptors (Lipinski definition) is 2. The predicted octanol–water partition coefficient (Wildman–Crippen LogP) is 2.25. The van der Waals surface area contributed by atoms with Gasteiger partial charge in [-0.05, 0) is 24.6 Å². The zero-order chi connectivity index (χ0) is 10.9. The zero-order valence-corrected chi connectivity index (χ0v) is 8.18. The minimum Gasteiger partial charge on any atom is -0.481 e. The molecule has 5 heteroatoms. The van der Waals surface area contributed by atoms with E-state index in [1.54, 1.807) is 0 Å². The molecule has 0 bridgehead atoms. The van der Waals surface area contributed by atoms with Crippen LogP contribution in [0.15, 0.2) is 12.1 Å². The lowest BCUT2D eigenvalue weighted by Gasteiger charge is -2.10. The molecule has 3 nitrogen and oxygen atoms in total. The third-order valence-electron chi connectivity index (χ3n) is 1.95. The maximum absolute atomic E-state index is 12.9. The van der Waals surface area contributed by atoms with Crippen molar-refractivity contribution in [1.82, 2.24) is 0 Å². The van der Waals surface area contributed by atoms with Crippen LogP contribution in [0.25, 0.3) is 0 Å². The Kier molecular flexibility index (Phi) is 2.96. The molecule has 0 spiro atoms. The predicted molar refractivity (Wildman–Crippen MR) is 51.9 cm³/mol. The molecular weight excluding hydrogens is 209 g/mol. The molecule has 1 rings (SSSR count). The first-order chi connectivity index (χ1) is 6.43. The number of carboxylic acids is 1. The van der Waals surface area contributed by atoms with E-state index in [2.05, 4.69) is 0 Å². The molecule has 1 aromatic rings. The van der Waals surface area contributed by atoms with Gasteiger partial charge in [0, 0.05) is 5.02 Å². The lowest BCUT2D eigenvalue weighted by Crippen LogP contribution is -2.09. The molecule has 0 saturated heterocycles. The molecule has 0 radical (unpaired) electrons. The Morgan fingerprint density at radius 2 is 2.21 bits per heavy atom. The molecule has 1 atom stereocenters. The fourth-order valence-electron chi connectivity index (χ4n) is 1.05. The van der Waals surface area contributed by atoms with Gasteiger partial charge in [0.2, 0.25) is 0 Å². The number of anilines is 1. The standard InChI is InChI=1S/C9H9ClFNO2/c1-4(9(13)14)5-2-8(12)7(11)3-6(5)10/h2-4H,12H2,1H3,(H,13,14). The van der Waals surface area contributed by atoms with E-state index in [-0.39, 0.29) is 10.7 Å². The SMILES string of the molecule is CC(C(=O)O)c1cc(N)c(F)cc1Cl. The van der Waals surface area contributed by atoms with Crippen LogP contribution in [0, 0.1) is 5.82 Å². The van der Waals surface area contributed by atoms with E-state index in [0.29, 0.717) is 5.56 Å². The van der Waals surface area contributed by atoms with Crippen LogP contribution in [-0.4, -0.2) is 11.1 Å². The topological polar surface area (TPSA) is 63.3 Å². The normalized spacial score (nSPS) is 12.5. The molecule has 0 heterocycles. The molecule has 0 fully saturated rings. The summed E-state index contributed by atoms with van der Waals surface area (Å²) in [6.07, 6.45) is 0. The summed E-state index contributed by atoms with van der Waals surface area (Å²) in [5.74, 6) is -2.47. The molecule has 3 N–H and O–H groups in total. The molecule has 0 amide bonds. The fourth-order valence-corrected chi connectivity index (χ4v) is 1.36. The quantitative estimate of drug-likeness (QED) is 0.747. The van der Waals surface area contributed by atoms with Crippen LogP contribution >= 0.6 is 11.6 Å². The summed E-state index contributed by atoms with van der Waals surface area (Å²) in [4.78, 5) is 10.7. The Bertz CT molecular complexity index is 381. The van der Waals surface area contributed by atoms with Crippen molar-refractivity contribution in [3.05, 3.63) is 28.5 Å². The molecule has 0 saturated carbocycles. The lowest BCUT2D eigenvalue weighted by atomic mass is 10.0. The Morgan fingerprint density at radius 1 is 1.64 bits per heavy atom. The number of benzene rings is 1. The van der Waals surface area contributed by atoms with Gasteiger partial charge in [0.05, 0.1) is 11.6 Å². The molecule has 0 aliphatic carbocycles. The van der Waals surface area contributed by atoms with E-state index < -0.39 is 17.7 Å². The summed E-state index contributed by atoms with van der Waals surface area (Å²) >= 11 is 5.68. The summed E-state index contributed by atoms with van der Waals surface area (Å²) in [5.41, 5.74) is 5.52. The number of halogens is 2. The van der Waals surface area contributed by atoms with Gasteiger partial charge < -0.3 is 10.8 Å². The molecular formula is C9H9ClFNO2. The highest BCUT2D eigenvalue weighted by Crippen LogP contribution is 2.28. The van der Waals surface area contributed by atoms with Crippen molar-refractivity contribution in [2.75, 3.05) is 5.73 Å². The second-order valence-electron chi connectivity index (χ2n) is 2.96. The first kappa shape index (κ1) is 10.8. The Hall–Kier alpha value is -1.29. The number of aliphatic carboxylic acids is 1. The van der Waals surface area contributed by atoms with Crippen molar-refractivity contribution in [1.29, 1.82) is 0 Å². The largest absolute Gasteiger partial charge is 0.481 e. The average molecular weight is 218 g/mol. The van der Waals surface area contributed by atoms with Gasteiger partial charge in [-0.25, -0.2) is 4.39 Å². The van der Waals surface area contributed by atoms with Gasteiger partial charge in [-0.15, -0.1) is 0 Å². The minimum absolute atomic E-state index is 0.0756. The van der Waals surface area contributed by atoms with Crippen molar-refractivity contribution in [3.63, 3.8) is 0 Å². The molecule has 76 valence electrons. The van der Waals surface area contributed by atoms with Crippen LogP contribution in [0.3, 0.4) is 0 Å². The highest BCUT2D eigenvalue weighted by molar-refractivity contribution is 6.31.